The Morgan fingerprint density at radius 2 is 2.30 bits per heavy atom. The third-order valence-corrected chi connectivity index (χ3v) is 5.00. The number of aryl methyl sites for hydroxylation is 1. The monoisotopic (exact) mass is 279 g/mol. The van der Waals surface area contributed by atoms with Gasteiger partial charge in [-0.3, -0.25) is 0 Å². The second-order valence-corrected chi connectivity index (χ2v) is 6.28. The smallest absolute Gasteiger partial charge is 0.103 e. The highest BCUT2D eigenvalue weighted by molar-refractivity contribution is 5.05. The fourth-order valence-electron chi connectivity index (χ4n) is 3.25. The molecular weight excluding hydrogens is 250 g/mol. The Labute approximate surface area is 123 Å². The van der Waals surface area contributed by atoms with E-state index in [0.29, 0.717) is 18.2 Å². The highest BCUT2D eigenvalue weighted by atomic mass is 16.5. The van der Waals surface area contributed by atoms with Crippen molar-refractivity contribution in [2.45, 2.75) is 71.6 Å². The molecule has 4 unspecified atom stereocenters. The van der Waals surface area contributed by atoms with Crippen LogP contribution < -0.4 is 5.32 Å². The molecule has 1 aromatic rings. The average Bonchev–Trinajstić information content (AvgIpc) is 2.96. The lowest BCUT2D eigenvalue weighted by Crippen LogP contribution is -2.63. The lowest BCUT2D eigenvalue weighted by molar-refractivity contribution is -0.127. The number of rotatable bonds is 8. The Kier molecular flexibility index (Phi) is 5.28. The maximum atomic E-state index is 5.86. The largest absolute Gasteiger partial charge is 0.469 e. The van der Waals surface area contributed by atoms with E-state index < -0.39 is 0 Å². The van der Waals surface area contributed by atoms with E-state index in [-0.39, 0.29) is 5.41 Å². The van der Waals surface area contributed by atoms with Gasteiger partial charge in [0.2, 0.25) is 0 Å². The van der Waals surface area contributed by atoms with E-state index >= 15 is 0 Å². The van der Waals surface area contributed by atoms with Crippen LogP contribution >= 0.6 is 0 Å². The van der Waals surface area contributed by atoms with Gasteiger partial charge in [-0.1, -0.05) is 13.8 Å². The second kappa shape index (κ2) is 6.77. The summed E-state index contributed by atoms with van der Waals surface area (Å²) >= 11 is 0. The molecule has 0 spiro atoms. The molecule has 2 rings (SSSR count). The molecule has 1 aliphatic carbocycles. The van der Waals surface area contributed by atoms with Gasteiger partial charge in [0.05, 0.1) is 12.4 Å². The Morgan fingerprint density at radius 1 is 1.50 bits per heavy atom. The van der Waals surface area contributed by atoms with Gasteiger partial charge in [0.25, 0.3) is 0 Å². The van der Waals surface area contributed by atoms with Gasteiger partial charge >= 0.3 is 0 Å². The Morgan fingerprint density at radius 3 is 2.90 bits per heavy atom. The van der Waals surface area contributed by atoms with Crippen LogP contribution in [0.4, 0.5) is 0 Å². The molecule has 20 heavy (non-hydrogen) atoms. The predicted octanol–water partition coefficient (Wildman–Crippen LogP) is 3.78. The molecule has 1 aliphatic rings. The zero-order valence-electron chi connectivity index (χ0n) is 13.3. The zero-order chi connectivity index (χ0) is 14.6. The van der Waals surface area contributed by atoms with Crippen molar-refractivity contribution in [1.82, 2.24) is 5.32 Å². The molecule has 3 heteroatoms. The number of ether oxygens (including phenoxy) is 1. The maximum absolute atomic E-state index is 5.86. The third kappa shape index (κ3) is 3.26. The Bertz CT molecular complexity index is 390. The molecule has 3 nitrogen and oxygen atoms in total. The van der Waals surface area contributed by atoms with Crippen molar-refractivity contribution < 1.29 is 9.15 Å². The van der Waals surface area contributed by atoms with Gasteiger partial charge in [0.1, 0.15) is 5.76 Å². The van der Waals surface area contributed by atoms with Crippen LogP contribution in [-0.4, -0.2) is 24.8 Å². The summed E-state index contributed by atoms with van der Waals surface area (Å²) in [4.78, 5) is 0. The van der Waals surface area contributed by atoms with Crippen LogP contribution in [0.2, 0.25) is 0 Å². The minimum Gasteiger partial charge on any atom is -0.469 e. The summed E-state index contributed by atoms with van der Waals surface area (Å²) in [6, 6.07) is 5.10. The van der Waals surface area contributed by atoms with Crippen LogP contribution in [0.15, 0.2) is 22.8 Å². The van der Waals surface area contributed by atoms with Crippen molar-refractivity contribution in [1.29, 1.82) is 0 Å². The van der Waals surface area contributed by atoms with E-state index in [2.05, 4.69) is 39.1 Å². The van der Waals surface area contributed by atoms with Crippen molar-refractivity contribution in [3.8, 4) is 0 Å². The summed E-state index contributed by atoms with van der Waals surface area (Å²) in [5.74, 6) is 1.08. The van der Waals surface area contributed by atoms with Gasteiger partial charge in [-0.25, -0.2) is 0 Å². The molecule has 1 heterocycles. The molecule has 4 atom stereocenters. The van der Waals surface area contributed by atoms with Crippen molar-refractivity contribution >= 4 is 0 Å². The van der Waals surface area contributed by atoms with Crippen LogP contribution in [0.5, 0.6) is 0 Å². The summed E-state index contributed by atoms with van der Waals surface area (Å²) in [7, 11) is 0. The van der Waals surface area contributed by atoms with Gasteiger partial charge < -0.3 is 14.5 Å². The number of hydrogen-bond acceptors (Lipinski definition) is 3. The van der Waals surface area contributed by atoms with Crippen LogP contribution in [0.3, 0.4) is 0 Å². The molecule has 1 aromatic heterocycles. The van der Waals surface area contributed by atoms with E-state index in [1.165, 1.54) is 6.42 Å². The van der Waals surface area contributed by atoms with Gasteiger partial charge in [-0.15, -0.1) is 0 Å². The Hall–Kier alpha value is -0.800. The Balaban J connectivity index is 1.78. The third-order valence-electron chi connectivity index (χ3n) is 5.00. The SMILES string of the molecule is CCOC1CC(NC(C)CCc2ccco2)C1(C)CC. The van der Waals surface area contributed by atoms with Crippen LogP contribution in [-0.2, 0) is 11.2 Å². The maximum Gasteiger partial charge on any atom is 0.103 e. The van der Waals surface area contributed by atoms with Gasteiger partial charge in [0.15, 0.2) is 0 Å². The zero-order valence-corrected chi connectivity index (χ0v) is 13.3. The fraction of sp³-hybridized carbons (Fsp3) is 0.765. The first-order chi connectivity index (χ1) is 9.60. The summed E-state index contributed by atoms with van der Waals surface area (Å²) in [5, 5.41) is 3.79. The van der Waals surface area contributed by atoms with Crippen molar-refractivity contribution in [2.75, 3.05) is 6.61 Å². The number of furan rings is 1. The summed E-state index contributed by atoms with van der Waals surface area (Å²) < 4.78 is 11.3. The number of hydrogen-bond donors (Lipinski definition) is 1. The molecule has 0 aromatic carbocycles. The second-order valence-electron chi connectivity index (χ2n) is 6.28. The van der Waals surface area contributed by atoms with E-state index in [0.717, 1.165) is 31.6 Å². The summed E-state index contributed by atoms with van der Waals surface area (Å²) in [6.07, 6.45) is 6.60. The first-order valence-corrected chi connectivity index (χ1v) is 8.00. The summed E-state index contributed by atoms with van der Waals surface area (Å²) in [5.41, 5.74) is 0.287. The fourth-order valence-corrected chi connectivity index (χ4v) is 3.25. The molecule has 1 saturated carbocycles. The molecule has 1 fully saturated rings. The lowest BCUT2D eigenvalue weighted by atomic mass is 9.61. The van der Waals surface area contributed by atoms with Crippen LogP contribution in [0.25, 0.3) is 0 Å². The van der Waals surface area contributed by atoms with Crippen molar-refractivity contribution in [3.63, 3.8) is 0 Å². The van der Waals surface area contributed by atoms with E-state index in [9.17, 15) is 0 Å². The van der Waals surface area contributed by atoms with E-state index in [1.54, 1.807) is 6.26 Å². The standard InChI is InChI=1S/C17H29NO2/c1-5-17(4)15(12-16(17)19-6-2)18-13(3)9-10-14-8-7-11-20-14/h7-8,11,13,15-16,18H,5-6,9-10,12H2,1-4H3. The number of nitrogens with one attached hydrogen (secondary N) is 1. The van der Waals surface area contributed by atoms with Crippen molar-refractivity contribution in [3.05, 3.63) is 24.2 Å². The minimum absolute atomic E-state index is 0.287. The predicted molar refractivity (Wildman–Crippen MR) is 81.8 cm³/mol. The molecule has 114 valence electrons. The highest BCUT2D eigenvalue weighted by Crippen LogP contribution is 2.46. The molecule has 0 saturated heterocycles. The van der Waals surface area contributed by atoms with Crippen LogP contribution in [0.1, 0.15) is 52.7 Å². The lowest BCUT2D eigenvalue weighted by Gasteiger charge is -2.54. The van der Waals surface area contributed by atoms with Gasteiger partial charge in [0, 0.05) is 30.5 Å². The van der Waals surface area contributed by atoms with Gasteiger partial charge in [-0.2, -0.15) is 0 Å². The topological polar surface area (TPSA) is 34.4 Å². The summed E-state index contributed by atoms with van der Waals surface area (Å²) in [6.45, 7) is 9.80. The molecule has 0 bridgehead atoms. The van der Waals surface area contributed by atoms with Crippen molar-refractivity contribution in [2.24, 2.45) is 5.41 Å². The normalized spacial score (nSPS) is 31.0. The molecule has 0 aliphatic heterocycles. The van der Waals surface area contributed by atoms with Gasteiger partial charge in [-0.05, 0) is 45.2 Å². The van der Waals surface area contributed by atoms with Crippen LogP contribution in [0, 0.1) is 5.41 Å². The molecule has 0 amide bonds. The van der Waals surface area contributed by atoms with E-state index in [1.807, 2.05) is 6.07 Å². The van der Waals surface area contributed by atoms with E-state index in [4.69, 9.17) is 9.15 Å². The average molecular weight is 279 g/mol. The minimum atomic E-state index is 0.287. The molecule has 0 radical (unpaired) electrons. The first-order valence-electron chi connectivity index (χ1n) is 8.00. The molecular formula is C17H29NO2. The quantitative estimate of drug-likeness (QED) is 0.786. The molecule has 1 N–H and O–H groups in total. The first kappa shape index (κ1) is 15.6. The highest BCUT2D eigenvalue weighted by Gasteiger charge is 2.51.